The van der Waals surface area contributed by atoms with E-state index in [1.54, 1.807) is 12.1 Å². The van der Waals surface area contributed by atoms with Gasteiger partial charge in [0, 0.05) is 11.8 Å². The first-order valence-corrected chi connectivity index (χ1v) is 6.49. The summed E-state index contributed by atoms with van der Waals surface area (Å²) in [4.78, 5) is 4.40. The molecule has 0 spiro atoms. The molecule has 0 aliphatic rings. The highest BCUT2D eigenvalue weighted by atomic mass is 79.9. The largest absolute Gasteiger partial charge is 0.507 e. The number of aryl methyl sites for hydroxylation is 1. The van der Waals surface area contributed by atoms with Gasteiger partial charge in [0.05, 0.1) is 10.0 Å². The third-order valence-corrected chi connectivity index (χ3v) is 3.43. The fourth-order valence-electron chi connectivity index (χ4n) is 1.97. The highest BCUT2D eigenvalue weighted by Gasteiger charge is 2.14. The second kappa shape index (κ2) is 4.28. The van der Waals surface area contributed by atoms with Gasteiger partial charge in [-0.05, 0) is 52.7 Å². The number of aromatic hydroxyl groups is 1. The van der Waals surface area contributed by atoms with Gasteiger partial charge in [-0.25, -0.2) is 4.98 Å². The molecule has 1 heterocycles. The number of phenols is 1. The van der Waals surface area contributed by atoms with Gasteiger partial charge in [0.15, 0.2) is 5.58 Å². The predicted molar refractivity (Wildman–Crippen MR) is 78.0 cm³/mol. The molecule has 4 nitrogen and oxygen atoms in total. The summed E-state index contributed by atoms with van der Waals surface area (Å²) in [5, 5.41) is 9.90. The summed E-state index contributed by atoms with van der Waals surface area (Å²) in [5.41, 5.74) is 9.12. The summed E-state index contributed by atoms with van der Waals surface area (Å²) in [6.45, 7) is 1.99. The Hall–Kier alpha value is -2.01. The van der Waals surface area contributed by atoms with Crippen LogP contribution in [0, 0.1) is 6.92 Å². The summed E-state index contributed by atoms with van der Waals surface area (Å²) in [6.07, 6.45) is 0. The van der Waals surface area contributed by atoms with Crippen LogP contribution >= 0.6 is 15.9 Å². The predicted octanol–water partition coefficient (Wildman–Crippen LogP) is 3.85. The Bertz CT molecular complexity index is 780. The van der Waals surface area contributed by atoms with E-state index in [2.05, 4.69) is 20.9 Å². The first-order chi connectivity index (χ1) is 9.04. The lowest BCUT2D eigenvalue weighted by Gasteiger charge is -2.00. The van der Waals surface area contributed by atoms with Gasteiger partial charge in [-0.2, -0.15) is 0 Å². The molecule has 19 heavy (non-hydrogen) atoms. The Balaban J connectivity index is 2.23. The van der Waals surface area contributed by atoms with Crippen LogP contribution in [0.25, 0.3) is 22.6 Å². The average molecular weight is 319 g/mol. The SMILES string of the molecule is Cc1cc(Br)c2oc(-c3ccc(N)cc3O)nc2c1. The van der Waals surface area contributed by atoms with E-state index in [1.807, 2.05) is 19.1 Å². The number of rotatable bonds is 1. The Kier molecular flexibility index (Phi) is 2.71. The van der Waals surface area contributed by atoms with Crippen molar-refractivity contribution < 1.29 is 9.52 Å². The van der Waals surface area contributed by atoms with Crippen molar-refractivity contribution in [3.63, 3.8) is 0 Å². The number of hydrogen-bond donors (Lipinski definition) is 2. The summed E-state index contributed by atoms with van der Waals surface area (Å²) in [6, 6.07) is 8.76. The third kappa shape index (κ3) is 2.06. The van der Waals surface area contributed by atoms with Crippen LogP contribution in [-0.2, 0) is 0 Å². The molecule has 1 aromatic heterocycles. The van der Waals surface area contributed by atoms with E-state index < -0.39 is 0 Å². The molecule has 0 saturated carbocycles. The number of halogens is 1. The molecule has 0 bridgehead atoms. The molecule has 0 amide bonds. The van der Waals surface area contributed by atoms with Crippen molar-refractivity contribution in [1.29, 1.82) is 0 Å². The van der Waals surface area contributed by atoms with Crippen LogP contribution in [0.1, 0.15) is 5.56 Å². The second-order valence-electron chi connectivity index (χ2n) is 4.39. The number of phenolic OH excluding ortho intramolecular Hbond substituents is 1. The van der Waals surface area contributed by atoms with Gasteiger partial charge in [0.2, 0.25) is 5.89 Å². The van der Waals surface area contributed by atoms with E-state index in [9.17, 15) is 5.11 Å². The van der Waals surface area contributed by atoms with Gasteiger partial charge in [-0.15, -0.1) is 0 Å². The van der Waals surface area contributed by atoms with E-state index in [4.69, 9.17) is 10.2 Å². The molecule has 0 unspecified atom stereocenters. The van der Waals surface area contributed by atoms with Crippen LogP contribution in [0.4, 0.5) is 5.69 Å². The minimum atomic E-state index is 0.0550. The van der Waals surface area contributed by atoms with Gasteiger partial charge < -0.3 is 15.3 Å². The van der Waals surface area contributed by atoms with Crippen molar-refractivity contribution in [1.82, 2.24) is 4.98 Å². The van der Waals surface area contributed by atoms with Crippen LogP contribution in [0.2, 0.25) is 0 Å². The highest BCUT2D eigenvalue weighted by molar-refractivity contribution is 9.10. The van der Waals surface area contributed by atoms with Crippen molar-refractivity contribution in [3.8, 4) is 17.2 Å². The number of benzene rings is 2. The molecule has 96 valence electrons. The number of fused-ring (bicyclic) bond motifs is 1. The lowest BCUT2D eigenvalue weighted by Crippen LogP contribution is -1.85. The third-order valence-electron chi connectivity index (χ3n) is 2.84. The van der Waals surface area contributed by atoms with Crippen LogP contribution < -0.4 is 5.73 Å². The number of oxazole rings is 1. The quantitative estimate of drug-likeness (QED) is 0.668. The summed E-state index contributed by atoms with van der Waals surface area (Å²) < 4.78 is 6.55. The van der Waals surface area contributed by atoms with E-state index in [0.29, 0.717) is 22.7 Å². The van der Waals surface area contributed by atoms with Crippen LogP contribution in [0.5, 0.6) is 5.75 Å². The summed E-state index contributed by atoms with van der Waals surface area (Å²) in [7, 11) is 0. The van der Waals surface area contributed by atoms with Crippen LogP contribution in [0.3, 0.4) is 0 Å². The van der Waals surface area contributed by atoms with Gasteiger partial charge >= 0.3 is 0 Å². The standard InChI is InChI=1S/C14H11BrN2O2/c1-7-4-10(15)13-11(5-7)17-14(19-13)9-3-2-8(16)6-12(9)18/h2-6,18H,16H2,1H3. The molecule has 3 aromatic rings. The monoisotopic (exact) mass is 318 g/mol. The minimum absolute atomic E-state index is 0.0550. The lowest BCUT2D eigenvalue weighted by molar-refractivity contribution is 0.474. The minimum Gasteiger partial charge on any atom is -0.507 e. The molecule has 0 aliphatic carbocycles. The maximum absolute atomic E-state index is 9.90. The number of nitrogens with two attached hydrogens (primary N) is 1. The lowest BCUT2D eigenvalue weighted by atomic mass is 10.2. The molecule has 3 N–H and O–H groups in total. The zero-order valence-corrected chi connectivity index (χ0v) is 11.7. The topological polar surface area (TPSA) is 72.3 Å². The number of nitrogen functional groups attached to an aromatic ring is 1. The van der Waals surface area contributed by atoms with Crippen LogP contribution in [0.15, 0.2) is 39.2 Å². The average Bonchev–Trinajstić information content (AvgIpc) is 2.72. The maximum atomic E-state index is 9.90. The number of hydrogen-bond acceptors (Lipinski definition) is 4. The number of aromatic nitrogens is 1. The van der Waals surface area contributed by atoms with Crippen LogP contribution in [-0.4, -0.2) is 10.1 Å². The molecule has 5 heteroatoms. The summed E-state index contributed by atoms with van der Waals surface area (Å²) >= 11 is 3.45. The molecule has 0 fully saturated rings. The van der Waals surface area contributed by atoms with Gasteiger partial charge in [-0.1, -0.05) is 0 Å². The molecule has 0 aliphatic heterocycles. The summed E-state index contributed by atoms with van der Waals surface area (Å²) in [5.74, 6) is 0.429. The van der Waals surface area contributed by atoms with E-state index in [-0.39, 0.29) is 5.75 Å². The normalized spacial score (nSPS) is 11.1. The zero-order valence-electron chi connectivity index (χ0n) is 10.1. The van der Waals surface area contributed by atoms with E-state index >= 15 is 0 Å². The highest BCUT2D eigenvalue weighted by Crippen LogP contribution is 2.34. The molecular weight excluding hydrogens is 308 g/mol. The Morgan fingerprint density at radius 1 is 1.26 bits per heavy atom. The Labute approximate surface area is 118 Å². The molecule has 3 rings (SSSR count). The van der Waals surface area contributed by atoms with E-state index in [0.717, 1.165) is 15.6 Å². The van der Waals surface area contributed by atoms with Gasteiger partial charge in [-0.3, -0.25) is 0 Å². The number of nitrogens with zero attached hydrogens (tertiary/aromatic N) is 1. The maximum Gasteiger partial charge on any atom is 0.231 e. The Morgan fingerprint density at radius 2 is 2.05 bits per heavy atom. The van der Waals surface area contributed by atoms with Crippen molar-refractivity contribution in [2.24, 2.45) is 0 Å². The molecule has 2 aromatic carbocycles. The zero-order chi connectivity index (χ0) is 13.6. The first kappa shape index (κ1) is 12.0. The Morgan fingerprint density at radius 3 is 2.79 bits per heavy atom. The number of anilines is 1. The fraction of sp³-hybridized carbons (Fsp3) is 0.0714. The van der Waals surface area contributed by atoms with Gasteiger partial charge in [0.1, 0.15) is 11.3 Å². The second-order valence-corrected chi connectivity index (χ2v) is 5.24. The molecule has 0 atom stereocenters. The molecule has 0 saturated heterocycles. The molecule has 0 radical (unpaired) electrons. The smallest absolute Gasteiger partial charge is 0.231 e. The van der Waals surface area contributed by atoms with Gasteiger partial charge in [0.25, 0.3) is 0 Å². The van der Waals surface area contributed by atoms with Crippen molar-refractivity contribution in [3.05, 3.63) is 40.4 Å². The van der Waals surface area contributed by atoms with Crippen molar-refractivity contribution in [2.75, 3.05) is 5.73 Å². The van der Waals surface area contributed by atoms with Crippen molar-refractivity contribution in [2.45, 2.75) is 6.92 Å². The molecular formula is C14H11BrN2O2. The first-order valence-electron chi connectivity index (χ1n) is 5.70. The van der Waals surface area contributed by atoms with E-state index in [1.165, 1.54) is 6.07 Å². The van der Waals surface area contributed by atoms with Crippen molar-refractivity contribution >= 4 is 32.7 Å². The fourth-order valence-corrected chi connectivity index (χ4v) is 2.61.